The molecule has 0 saturated carbocycles. The number of amides is 4. The maximum Gasteiger partial charge on any atom is 0.317 e. The zero-order chi connectivity index (χ0) is 22.2. The van der Waals surface area contributed by atoms with Crippen LogP contribution in [0.2, 0.25) is 0 Å². The van der Waals surface area contributed by atoms with Crippen molar-refractivity contribution in [2.45, 2.75) is 19.4 Å². The summed E-state index contributed by atoms with van der Waals surface area (Å²) in [5.74, 6) is -0.185. The van der Waals surface area contributed by atoms with Crippen molar-refractivity contribution in [2.24, 2.45) is 11.5 Å². The fourth-order valence-corrected chi connectivity index (χ4v) is 3.82. The number of carbonyl (C=O) groups excluding carboxylic acids is 3. The van der Waals surface area contributed by atoms with Crippen LogP contribution in [0, 0.1) is 0 Å². The molecule has 6 N–H and O–H groups in total. The van der Waals surface area contributed by atoms with Gasteiger partial charge in [0.05, 0.1) is 22.1 Å². The molecule has 9 heteroatoms. The third-order valence-corrected chi connectivity index (χ3v) is 5.35. The van der Waals surface area contributed by atoms with Crippen LogP contribution in [0.1, 0.15) is 17.5 Å². The molecule has 0 atom stereocenters. The third-order valence-electron chi connectivity index (χ3n) is 4.31. The Kier molecular flexibility index (Phi) is 7.34. The molecule has 1 aliphatic rings. The monoisotopic (exact) mass is 438 g/mol. The molecule has 3 rings (SSSR count). The Hall–Kier alpha value is -3.72. The van der Waals surface area contributed by atoms with Crippen molar-refractivity contribution in [3.8, 4) is 5.75 Å². The summed E-state index contributed by atoms with van der Waals surface area (Å²) in [6.07, 6.45) is 2.00. The first-order chi connectivity index (χ1) is 14.9. The highest BCUT2D eigenvalue weighted by molar-refractivity contribution is 8.06. The fraction of sp³-hybridized carbons (Fsp3) is 0.136. The molecule has 0 aliphatic carbocycles. The molecule has 0 saturated heterocycles. The number of thioether (sulfide) groups is 1. The number of hydrogen-bond donors (Lipinski definition) is 4. The molecule has 31 heavy (non-hydrogen) atoms. The van der Waals surface area contributed by atoms with Gasteiger partial charge in [-0.15, -0.1) is 0 Å². The highest BCUT2D eigenvalue weighted by atomic mass is 32.2. The van der Waals surface area contributed by atoms with Crippen LogP contribution in [0.4, 0.5) is 4.79 Å². The first-order valence-corrected chi connectivity index (χ1v) is 10.3. The van der Waals surface area contributed by atoms with E-state index in [9.17, 15) is 14.4 Å². The van der Waals surface area contributed by atoms with E-state index < -0.39 is 11.9 Å². The minimum atomic E-state index is -0.816. The van der Waals surface area contributed by atoms with Gasteiger partial charge in [-0.3, -0.25) is 9.59 Å². The van der Waals surface area contributed by atoms with Crippen molar-refractivity contribution in [3.05, 3.63) is 87.4 Å². The van der Waals surface area contributed by atoms with Crippen molar-refractivity contribution >= 4 is 29.6 Å². The van der Waals surface area contributed by atoms with E-state index in [0.29, 0.717) is 17.4 Å². The number of benzene rings is 2. The molecule has 8 nitrogen and oxygen atoms in total. The fourth-order valence-electron chi connectivity index (χ4n) is 2.81. The standard InChI is InChI=1S/C22H22N4O4S/c23-20(28)17-10-11-19(31-21(17)26-22(24)29)25-18(27)12-14-6-8-16(9-7-14)30-13-15-4-2-1-3-5-15/h1-9,11H,10,12-13H2,(H2,23,28)(H,25,27)(H3,24,26,29). The minimum absolute atomic E-state index is 0.155. The lowest BCUT2D eigenvalue weighted by Crippen LogP contribution is -2.33. The molecule has 2 aromatic rings. The van der Waals surface area contributed by atoms with Crippen molar-refractivity contribution in [3.63, 3.8) is 0 Å². The minimum Gasteiger partial charge on any atom is -0.489 e. The Morgan fingerprint density at radius 2 is 1.65 bits per heavy atom. The maximum atomic E-state index is 12.4. The van der Waals surface area contributed by atoms with Crippen molar-refractivity contribution in [1.29, 1.82) is 0 Å². The molecule has 0 fully saturated rings. The van der Waals surface area contributed by atoms with Gasteiger partial charge >= 0.3 is 6.03 Å². The molecule has 2 aromatic carbocycles. The van der Waals surface area contributed by atoms with E-state index in [4.69, 9.17) is 16.2 Å². The third kappa shape index (κ3) is 6.65. The lowest BCUT2D eigenvalue weighted by Gasteiger charge is -2.19. The van der Waals surface area contributed by atoms with Crippen LogP contribution in [0.3, 0.4) is 0 Å². The van der Waals surface area contributed by atoms with E-state index in [1.54, 1.807) is 6.08 Å². The van der Waals surface area contributed by atoms with Crippen LogP contribution in [0.5, 0.6) is 5.75 Å². The van der Waals surface area contributed by atoms with Gasteiger partial charge in [0.1, 0.15) is 12.4 Å². The van der Waals surface area contributed by atoms with Crippen LogP contribution in [-0.4, -0.2) is 17.8 Å². The Bertz CT molecular complexity index is 1030. The van der Waals surface area contributed by atoms with Gasteiger partial charge in [0.15, 0.2) is 0 Å². The Morgan fingerprint density at radius 1 is 0.935 bits per heavy atom. The summed E-state index contributed by atoms with van der Waals surface area (Å²) in [5, 5.41) is 5.85. The van der Waals surface area contributed by atoms with Crippen LogP contribution >= 0.6 is 11.8 Å². The SMILES string of the molecule is NC(=O)NC1=C(C(N)=O)CC=C(NC(=O)Cc2ccc(OCc3ccccc3)cc2)S1. The van der Waals surface area contributed by atoms with Gasteiger partial charge in [-0.05, 0) is 29.3 Å². The molecule has 1 aliphatic heterocycles. The number of urea groups is 1. The normalized spacial score (nSPS) is 13.2. The smallest absolute Gasteiger partial charge is 0.317 e. The number of nitrogens with one attached hydrogen (secondary N) is 2. The Labute approximate surface area is 183 Å². The lowest BCUT2D eigenvalue weighted by molar-refractivity contribution is -0.119. The summed E-state index contributed by atoms with van der Waals surface area (Å²) in [4.78, 5) is 35.1. The second kappa shape index (κ2) is 10.4. The lowest BCUT2D eigenvalue weighted by atomic mass is 10.1. The van der Waals surface area contributed by atoms with E-state index >= 15 is 0 Å². The summed E-state index contributed by atoms with van der Waals surface area (Å²) in [5.41, 5.74) is 12.6. The van der Waals surface area contributed by atoms with Crippen LogP contribution in [0.15, 0.2) is 76.3 Å². The predicted molar refractivity (Wildman–Crippen MR) is 118 cm³/mol. The van der Waals surface area contributed by atoms with Gasteiger partial charge < -0.3 is 26.8 Å². The second-order valence-electron chi connectivity index (χ2n) is 6.68. The number of primary amides is 2. The molecule has 0 radical (unpaired) electrons. The summed E-state index contributed by atoms with van der Waals surface area (Å²) in [7, 11) is 0. The molecule has 0 unspecified atom stereocenters. The zero-order valence-corrected chi connectivity index (χ0v) is 17.4. The zero-order valence-electron chi connectivity index (χ0n) is 16.6. The maximum absolute atomic E-state index is 12.4. The molecule has 0 spiro atoms. The highest BCUT2D eigenvalue weighted by Gasteiger charge is 2.21. The summed E-state index contributed by atoms with van der Waals surface area (Å²) in [6, 6.07) is 16.3. The first kappa shape index (κ1) is 22.0. The number of allylic oxidation sites excluding steroid dienone is 1. The second-order valence-corrected chi connectivity index (χ2v) is 7.73. The van der Waals surface area contributed by atoms with Crippen molar-refractivity contribution in [1.82, 2.24) is 10.6 Å². The van der Waals surface area contributed by atoms with E-state index in [0.717, 1.165) is 22.9 Å². The van der Waals surface area contributed by atoms with E-state index in [1.165, 1.54) is 0 Å². The summed E-state index contributed by atoms with van der Waals surface area (Å²) < 4.78 is 5.75. The van der Waals surface area contributed by atoms with Gasteiger partial charge in [-0.2, -0.15) is 0 Å². The van der Waals surface area contributed by atoms with Crippen molar-refractivity contribution < 1.29 is 19.1 Å². The van der Waals surface area contributed by atoms with Gasteiger partial charge in [0.2, 0.25) is 11.8 Å². The van der Waals surface area contributed by atoms with Crippen LogP contribution in [-0.2, 0) is 22.6 Å². The number of rotatable bonds is 8. The van der Waals surface area contributed by atoms with Gasteiger partial charge in [-0.25, -0.2) is 4.79 Å². The Morgan fingerprint density at radius 3 is 2.29 bits per heavy atom. The van der Waals surface area contributed by atoms with Gasteiger partial charge in [0, 0.05) is 6.42 Å². The summed E-state index contributed by atoms with van der Waals surface area (Å²) in [6.45, 7) is 0.467. The molecule has 0 bridgehead atoms. The number of nitrogens with two attached hydrogens (primary N) is 2. The molecule has 0 aromatic heterocycles. The molecular formula is C22H22N4O4S. The van der Waals surface area contributed by atoms with E-state index in [1.807, 2.05) is 54.6 Å². The number of hydrogen-bond acceptors (Lipinski definition) is 5. The van der Waals surface area contributed by atoms with Crippen LogP contribution in [0.25, 0.3) is 0 Å². The average molecular weight is 439 g/mol. The molecule has 4 amide bonds. The number of carbonyl (C=O) groups is 3. The molecule has 1 heterocycles. The molecular weight excluding hydrogens is 416 g/mol. The number of ether oxygens (including phenoxy) is 1. The molecule has 160 valence electrons. The van der Waals surface area contributed by atoms with E-state index in [2.05, 4.69) is 10.6 Å². The predicted octanol–water partition coefficient (Wildman–Crippen LogP) is 2.27. The highest BCUT2D eigenvalue weighted by Crippen LogP contribution is 2.31. The van der Waals surface area contributed by atoms with Crippen molar-refractivity contribution in [2.75, 3.05) is 0 Å². The van der Waals surface area contributed by atoms with Gasteiger partial charge in [0.25, 0.3) is 0 Å². The average Bonchev–Trinajstić information content (AvgIpc) is 2.73. The summed E-state index contributed by atoms with van der Waals surface area (Å²) >= 11 is 1.02. The largest absolute Gasteiger partial charge is 0.489 e. The first-order valence-electron chi connectivity index (χ1n) is 9.43. The van der Waals surface area contributed by atoms with Crippen LogP contribution < -0.4 is 26.8 Å². The Balaban J connectivity index is 1.52. The topological polar surface area (TPSA) is 137 Å². The van der Waals surface area contributed by atoms with E-state index in [-0.39, 0.29) is 29.4 Å². The van der Waals surface area contributed by atoms with Gasteiger partial charge in [-0.1, -0.05) is 54.2 Å². The quantitative estimate of drug-likeness (QED) is 0.501.